The quantitative estimate of drug-likeness (QED) is 0.832. The minimum Gasteiger partial charge on any atom is -0.508 e. The Morgan fingerprint density at radius 1 is 1.32 bits per heavy atom. The van der Waals surface area contributed by atoms with E-state index in [0.717, 1.165) is 5.56 Å². The lowest BCUT2D eigenvalue weighted by atomic mass is 9.78. The zero-order valence-corrected chi connectivity index (χ0v) is 11.7. The minimum absolute atomic E-state index is 0.103. The highest BCUT2D eigenvalue weighted by Gasteiger charge is 2.50. The summed E-state index contributed by atoms with van der Waals surface area (Å²) in [5, 5.41) is 9.41. The van der Waals surface area contributed by atoms with Crippen LogP contribution in [0.5, 0.6) is 5.75 Å². The van der Waals surface area contributed by atoms with Crippen molar-refractivity contribution < 1.29 is 14.7 Å². The van der Waals surface area contributed by atoms with Crippen LogP contribution in [0.3, 0.4) is 0 Å². The normalized spacial score (nSPS) is 23.5. The van der Waals surface area contributed by atoms with Crippen LogP contribution in [-0.2, 0) is 9.59 Å². The molecule has 1 aliphatic heterocycles. The Morgan fingerprint density at radius 3 is 2.42 bits per heavy atom. The van der Waals surface area contributed by atoms with Crippen molar-refractivity contribution in [2.45, 2.75) is 34.1 Å². The molecule has 0 radical (unpaired) electrons. The average molecular weight is 261 g/mol. The maximum atomic E-state index is 12.6. The highest BCUT2D eigenvalue weighted by Crippen LogP contribution is 2.42. The van der Waals surface area contributed by atoms with Crippen LogP contribution in [0.4, 0.5) is 5.69 Å². The average Bonchev–Trinajstić information content (AvgIpc) is 2.53. The molecule has 1 saturated heterocycles. The van der Waals surface area contributed by atoms with Gasteiger partial charge in [0.15, 0.2) is 0 Å². The number of imide groups is 1. The van der Waals surface area contributed by atoms with Gasteiger partial charge in [-0.3, -0.25) is 9.59 Å². The number of rotatable bonds is 2. The number of anilines is 1. The molecule has 1 aromatic rings. The molecule has 2 amide bonds. The SMILES string of the molecule is Cc1cc(O)ccc1N1C(=O)CC(C)(C(C)C)C1=O. The predicted octanol–water partition coefficient (Wildman–Crippen LogP) is 2.63. The zero-order chi connectivity index (χ0) is 14.4. The second-order valence-corrected chi connectivity index (χ2v) is 5.75. The van der Waals surface area contributed by atoms with E-state index < -0.39 is 5.41 Å². The van der Waals surface area contributed by atoms with Crippen molar-refractivity contribution >= 4 is 17.5 Å². The van der Waals surface area contributed by atoms with Crippen LogP contribution in [0.2, 0.25) is 0 Å². The fraction of sp³-hybridized carbons (Fsp3) is 0.467. The van der Waals surface area contributed by atoms with Gasteiger partial charge in [0.25, 0.3) is 0 Å². The summed E-state index contributed by atoms with van der Waals surface area (Å²) in [7, 11) is 0. The second-order valence-electron chi connectivity index (χ2n) is 5.75. The number of benzene rings is 1. The Hall–Kier alpha value is -1.84. The largest absolute Gasteiger partial charge is 0.508 e. The lowest BCUT2D eigenvalue weighted by molar-refractivity contribution is -0.126. The summed E-state index contributed by atoms with van der Waals surface area (Å²) < 4.78 is 0. The summed E-state index contributed by atoms with van der Waals surface area (Å²) in [5.74, 6) is -0.0883. The first-order valence-electron chi connectivity index (χ1n) is 6.44. The van der Waals surface area contributed by atoms with Crippen LogP contribution < -0.4 is 4.90 Å². The van der Waals surface area contributed by atoms with Crippen molar-refractivity contribution in [3.63, 3.8) is 0 Å². The van der Waals surface area contributed by atoms with Gasteiger partial charge in [-0.2, -0.15) is 0 Å². The molecule has 1 unspecified atom stereocenters. The second kappa shape index (κ2) is 4.37. The fourth-order valence-electron chi connectivity index (χ4n) is 2.42. The molecule has 0 spiro atoms. The highest BCUT2D eigenvalue weighted by molar-refractivity contribution is 6.22. The van der Waals surface area contributed by atoms with E-state index in [9.17, 15) is 14.7 Å². The summed E-state index contributed by atoms with van der Waals surface area (Å²) in [4.78, 5) is 26.0. The number of aromatic hydroxyl groups is 1. The standard InChI is InChI=1S/C15H19NO3/c1-9(2)15(4)8-13(18)16(14(15)19)12-6-5-11(17)7-10(12)3/h5-7,9,17H,8H2,1-4H3. The summed E-state index contributed by atoms with van der Waals surface area (Å²) in [6.07, 6.45) is 0.240. The molecule has 0 aliphatic carbocycles. The molecule has 0 aromatic heterocycles. The van der Waals surface area contributed by atoms with E-state index in [-0.39, 0.29) is 29.9 Å². The smallest absolute Gasteiger partial charge is 0.240 e. The molecule has 19 heavy (non-hydrogen) atoms. The fourth-order valence-corrected chi connectivity index (χ4v) is 2.42. The molecule has 102 valence electrons. The number of nitrogens with zero attached hydrogens (tertiary/aromatic N) is 1. The molecule has 1 fully saturated rings. The number of hydrogen-bond acceptors (Lipinski definition) is 3. The first-order valence-corrected chi connectivity index (χ1v) is 6.44. The first-order chi connectivity index (χ1) is 8.77. The van der Waals surface area contributed by atoms with Gasteiger partial charge in [-0.05, 0) is 43.5 Å². The molecule has 4 heteroatoms. The van der Waals surface area contributed by atoms with Gasteiger partial charge in [0.2, 0.25) is 11.8 Å². The van der Waals surface area contributed by atoms with Gasteiger partial charge in [0.1, 0.15) is 5.75 Å². The van der Waals surface area contributed by atoms with Crippen molar-refractivity contribution in [2.75, 3.05) is 4.90 Å². The summed E-state index contributed by atoms with van der Waals surface area (Å²) in [6, 6.07) is 4.67. The molecule has 1 aliphatic rings. The number of aryl methyl sites for hydroxylation is 1. The number of carbonyl (C=O) groups excluding carboxylic acids is 2. The van der Waals surface area contributed by atoms with E-state index in [1.807, 2.05) is 20.8 Å². The van der Waals surface area contributed by atoms with E-state index in [4.69, 9.17) is 0 Å². The zero-order valence-electron chi connectivity index (χ0n) is 11.7. The third-order valence-electron chi connectivity index (χ3n) is 4.16. The maximum absolute atomic E-state index is 12.6. The molecule has 2 rings (SSSR count). The van der Waals surface area contributed by atoms with E-state index in [0.29, 0.717) is 5.69 Å². The molecule has 0 bridgehead atoms. The predicted molar refractivity (Wildman–Crippen MR) is 72.9 cm³/mol. The topological polar surface area (TPSA) is 57.6 Å². The van der Waals surface area contributed by atoms with Crippen molar-refractivity contribution in [3.05, 3.63) is 23.8 Å². The number of phenols is 1. The van der Waals surface area contributed by atoms with Crippen LogP contribution in [-0.4, -0.2) is 16.9 Å². The van der Waals surface area contributed by atoms with Crippen LogP contribution in [0.1, 0.15) is 32.8 Å². The van der Waals surface area contributed by atoms with Crippen molar-refractivity contribution in [1.82, 2.24) is 0 Å². The van der Waals surface area contributed by atoms with Gasteiger partial charge in [-0.25, -0.2) is 4.90 Å². The van der Waals surface area contributed by atoms with Crippen molar-refractivity contribution in [3.8, 4) is 5.75 Å². The molecule has 1 atom stereocenters. The van der Waals surface area contributed by atoms with Crippen molar-refractivity contribution in [1.29, 1.82) is 0 Å². The number of hydrogen-bond donors (Lipinski definition) is 1. The van der Waals surface area contributed by atoms with Gasteiger partial charge in [0, 0.05) is 6.42 Å². The molecule has 1 aromatic carbocycles. The Morgan fingerprint density at radius 2 is 1.95 bits per heavy atom. The van der Waals surface area contributed by atoms with Crippen LogP contribution in [0, 0.1) is 18.3 Å². The van der Waals surface area contributed by atoms with Gasteiger partial charge in [0.05, 0.1) is 11.1 Å². The van der Waals surface area contributed by atoms with E-state index in [2.05, 4.69) is 0 Å². The third kappa shape index (κ3) is 2.01. The summed E-state index contributed by atoms with van der Waals surface area (Å²) in [6.45, 7) is 7.53. The molecule has 1 N–H and O–H groups in total. The third-order valence-corrected chi connectivity index (χ3v) is 4.16. The number of carbonyl (C=O) groups is 2. The molecular formula is C15H19NO3. The van der Waals surface area contributed by atoms with Gasteiger partial charge in [-0.15, -0.1) is 0 Å². The van der Waals surface area contributed by atoms with Gasteiger partial charge >= 0.3 is 0 Å². The molecule has 4 nitrogen and oxygen atoms in total. The Balaban J connectivity index is 2.46. The molecule has 1 heterocycles. The van der Waals surface area contributed by atoms with Crippen LogP contribution >= 0.6 is 0 Å². The van der Waals surface area contributed by atoms with E-state index in [1.54, 1.807) is 19.1 Å². The lowest BCUT2D eigenvalue weighted by Gasteiger charge is -2.26. The Labute approximate surface area is 113 Å². The van der Waals surface area contributed by atoms with Crippen LogP contribution in [0.25, 0.3) is 0 Å². The van der Waals surface area contributed by atoms with Crippen molar-refractivity contribution in [2.24, 2.45) is 11.3 Å². The Bertz CT molecular complexity index is 550. The lowest BCUT2D eigenvalue weighted by Crippen LogP contribution is -2.37. The summed E-state index contributed by atoms with van der Waals surface area (Å²) in [5.41, 5.74) is 0.647. The van der Waals surface area contributed by atoms with Gasteiger partial charge in [-0.1, -0.05) is 13.8 Å². The van der Waals surface area contributed by atoms with Crippen LogP contribution in [0.15, 0.2) is 18.2 Å². The molecular weight excluding hydrogens is 242 g/mol. The summed E-state index contributed by atoms with van der Waals surface area (Å²) >= 11 is 0. The van der Waals surface area contributed by atoms with Gasteiger partial charge < -0.3 is 5.11 Å². The Kier molecular flexibility index (Phi) is 3.12. The monoisotopic (exact) mass is 261 g/mol. The number of amides is 2. The number of phenolic OH excluding ortho intramolecular Hbond substituents is 1. The maximum Gasteiger partial charge on any atom is 0.240 e. The van der Waals surface area contributed by atoms with E-state index >= 15 is 0 Å². The minimum atomic E-state index is -0.637. The molecule has 0 saturated carbocycles. The highest BCUT2D eigenvalue weighted by atomic mass is 16.3. The first kappa shape index (κ1) is 13.6. The van der Waals surface area contributed by atoms with E-state index in [1.165, 1.54) is 11.0 Å².